The summed E-state index contributed by atoms with van der Waals surface area (Å²) >= 11 is 0. The molecule has 0 aliphatic heterocycles. The largest absolute Gasteiger partial charge is 0.350 e. The minimum absolute atomic E-state index is 0.0503. The highest BCUT2D eigenvalue weighted by Crippen LogP contribution is 2.24. The van der Waals surface area contributed by atoms with Gasteiger partial charge in [-0.2, -0.15) is 0 Å². The fourth-order valence-corrected chi connectivity index (χ4v) is 4.58. The Morgan fingerprint density at radius 3 is 2.21 bits per heavy atom. The number of hydrogen-bond acceptors (Lipinski definition) is 4. The van der Waals surface area contributed by atoms with Gasteiger partial charge in [0.25, 0.3) is 15.9 Å². The van der Waals surface area contributed by atoms with E-state index >= 15 is 0 Å². The second kappa shape index (κ2) is 10.9. The highest BCUT2D eigenvalue weighted by molar-refractivity contribution is 7.92. The van der Waals surface area contributed by atoms with Crippen LogP contribution in [0.25, 0.3) is 0 Å². The molecule has 3 aromatic rings. The van der Waals surface area contributed by atoms with Crippen molar-refractivity contribution in [2.45, 2.75) is 31.2 Å². The average molecular weight is 484 g/mol. The molecular weight excluding hydrogens is 457 g/mol. The summed E-state index contributed by atoms with van der Waals surface area (Å²) in [6.45, 7) is 3.26. The molecule has 2 amide bonds. The lowest BCUT2D eigenvalue weighted by Crippen LogP contribution is -2.38. The lowest BCUT2D eigenvalue weighted by Gasteiger charge is -2.24. The van der Waals surface area contributed by atoms with E-state index in [0.717, 1.165) is 35.0 Å². The summed E-state index contributed by atoms with van der Waals surface area (Å²) in [5, 5.41) is 5.50. The van der Waals surface area contributed by atoms with Crippen LogP contribution < -0.4 is 14.9 Å². The maximum Gasteiger partial charge on any atom is 0.264 e. The third kappa shape index (κ3) is 5.99. The third-order valence-electron chi connectivity index (χ3n) is 5.17. The van der Waals surface area contributed by atoms with E-state index in [1.54, 1.807) is 54.6 Å². The van der Waals surface area contributed by atoms with E-state index in [9.17, 15) is 22.4 Å². The highest BCUT2D eigenvalue weighted by atomic mass is 32.2. The molecule has 2 N–H and O–H groups in total. The van der Waals surface area contributed by atoms with Crippen LogP contribution in [0.3, 0.4) is 0 Å². The topological polar surface area (TPSA) is 95.6 Å². The fraction of sp³-hybridized carbons (Fsp3) is 0.200. The average Bonchev–Trinajstić information content (AvgIpc) is 2.83. The number of para-hydroxylation sites is 2. The molecule has 0 aliphatic rings. The monoisotopic (exact) mass is 483 g/mol. The van der Waals surface area contributed by atoms with Crippen LogP contribution in [-0.4, -0.2) is 32.8 Å². The molecule has 1 unspecified atom stereocenters. The van der Waals surface area contributed by atoms with Crippen molar-refractivity contribution in [2.75, 3.05) is 16.2 Å². The van der Waals surface area contributed by atoms with Crippen molar-refractivity contribution in [1.29, 1.82) is 0 Å². The molecule has 0 spiro atoms. The first-order valence-corrected chi connectivity index (χ1v) is 12.2. The summed E-state index contributed by atoms with van der Waals surface area (Å²) in [5.41, 5.74) is 0.800. The van der Waals surface area contributed by atoms with Gasteiger partial charge < -0.3 is 10.6 Å². The van der Waals surface area contributed by atoms with Crippen LogP contribution in [0.4, 0.5) is 15.8 Å². The van der Waals surface area contributed by atoms with E-state index < -0.39 is 28.3 Å². The molecule has 0 aromatic heterocycles. The van der Waals surface area contributed by atoms with Gasteiger partial charge in [-0.25, -0.2) is 12.8 Å². The van der Waals surface area contributed by atoms with Crippen molar-refractivity contribution in [3.63, 3.8) is 0 Å². The normalized spacial score (nSPS) is 12.0. The summed E-state index contributed by atoms with van der Waals surface area (Å²) in [6.07, 6.45) is 0.744. The van der Waals surface area contributed by atoms with E-state index in [2.05, 4.69) is 10.6 Å². The van der Waals surface area contributed by atoms with Crippen molar-refractivity contribution in [2.24, 2.45) is 0 Å². The number of sulfonamides is 1. The van der Waals surface area contributed by atoms with E-state index in [-0.39, 0.29) is 33.8 Å². The lowest BCUT2D eigenvalue weighted by molar-refractivity contribution is -0.114. The van der Waals surface area contributed by atoms with E-state index in [4.69, 9.17) is 0 Å². The molecule has 0 fully saturated rings. The third-order valence-corrected chi connectivity index (χ3v) is 6.96. The maximum atomic E-state index is 13.4. The zero-order valence-electron chi connectivity index (χ0n) is 18.9. The number of nitrogens with zero attached hydrogens (tertiary/aromatic N) is 1. The van der Waals surface area contributed by atoms with Crippen LogP contribution in [0.5, 0.6) is 0 Å². The summed E-state index contributed by atoms with van der Waals surface area (Å²) < 4.78 is 40.9. The second-order valence-corrected chi connectivity index (χ2v) is 9.54. The van der Waals surface area contributed by atoms with Crippen molar-refractivity contribution in [3.05, 3.63) is 90.2 Å². The second-order valence-electron chi connectivity index (χ2n) is 7.68. The molecule has 9 heteroatoms. The van der Waals surface area contributed by atoms with E-state index in [1.807, 2.05) is 13.8 Å². The SMILES string of the molecule is CCC(C)NC(=O)c1ccccc1NC(=O)CN(c1ccccc1)S(=O)(=O)c1ccc(F)cc1. The van der Waals surface area contributed by atoms with E-state index in [0.29, 0.717) is 0 Å². The molecule has 3 rings (SSSR count). The minimum atomic E-state index is -4.18. The predicted octanol–water partition coefficient (Wildman–Crippen LogP) is 4.19. The van der Waals surface area contributed by atoms with Gasteiger partial charge in [0.15, 0.2) is 0 Å². The number of halogens is 1. The van der Waals surface area contributed by atoms with Crippen molar-refractivity contribution < 1.29 is 22.4 Å². The first kappa shape index (κ1) is 24.9. The number of rotatable bonds is 9. The van der Waals surface area contributed by atoms with E-state index in [1.165, 1.54) is 0 Å². The maximum absolute atomic E-state index is 13.4. The van der Waals surface area contributed by atoms with Gasteiger partial charge in [0, 0.05) is 6.04 Å². The smallest absolute Gasteiger partial charge is 0.264 e. The molecule has 3 aromatic carbocycles. The number of anilines is 2. The molecule has 34 heavy (non-hydrogen) atoms. The van der Waals surface area contributed by atoms with Gasteiger partial charge in [-0.3, -0.25) is 13.9 Å². The first-order chi connectivity index (χ1) is 16.2. The van der Waals surface area contributed by atoms with Gasteiger partial charge >= 0.3 is 0 Å². The predicted molar refractivity (Wildman–Crippen MR) is 130 cm³/mol. The van der Waals surface area contributed by atoms with Gasteiger partial charge in [-0.1, -0.05) is 37.3 Å². The number of carbonyl (C=O) groups is 2. The van der Waals surface area contributed by atoms with Crippen LogP contribution in [0.2, 0.25) is 0 Å². The number of benzene rings is 3. The number of amides is 2. The molecule has 0 heterocycles. The molecular formula is C25H26FN3O4S. The summed E-state index contributed by atoms with van der Waals surface area (Å²) in [6, 6.07) is 19.0. The Balaban J connectivity index is 1.88. The molecule has 0 radical (unpaired) electrons. The van der Waals surface area contributed by atoms with Crippen LogP contribution in [0, 0.1) is 5.82 Å². The highest BCUT2D eigenvalue weighted by Gasteiger charge is 2.27. The molecule has 0 bridgehead atoms. The van der Waals surface area contributed by atoms with Crippen LogP contribution in [0.1, 0.15) is 30.6 Å². The quantitative estimate of drug-likeness (QED) is 0.477. The standard InChI is InChI=1S/C25H26FN3O4S/c1-3-18(2)27-25(31)22-11-7-8-12-23(22)28-24(30)17-29(20-9-5-4-6-10-20)34(32,33)21-15-13-19(26)14-16-21/h4-16,18H,3,17H2,1-2H3,(H,27,31)(H,28,30). The Kier molecular flexibility index (Phi) is 8.01. The Morgan fingerprint density at radius 2 is 1.56 bits per heavy atom. The van der Waals surface area contributed by atoms with Crippen molar-refractivity contribution >= 4 is 33.2 Å². The van der Waals surface area contributed by atoms with Crippen molar-refractivity contribution in [3.8, 4) is 0 Å². The van der Waals surface area contributed by atoms with Crippen LogP contribution >= 0.6 is 0 Å². The Bertz CT molecular complexity index is 1250. The van der Waals surface area contributed by atoms with Gasteiger partial charge in [0.05, 0.1) is 21.8 Å². The Labute approximate surface area is 198 Å². The number of nitrogens with one attached hydrogen (secondary N) is 2. The Morgan fingerprint density at radius 1 is 0.941 bits per heavy atom. The summed E-state index contributed by atoms with van der Waals surface area (Å²) in [7, 11) is -4.18. The lowest BCUT2D eigenvalue weighted by atomic mass is 10.1. The van der Waals surface area contributed by atoms with Crippen LogP contribution in [-0.2, 0) is 14.8 Å². The molecule has 0 aliphatic carbocycles. The summed E-state index contributed by atoms with van der Waals surface area (Å²) in [4.78, 5) is 25.5. The van der Waals surface area contributed by atoms with Gasteiger partial charge in [-0.15, -0.1) is 0 Å². The molecule has 1 atom stereocenters. The Hall–Kier alpha value is -3.72. The zero-order chi connectivity index (χ0) is 24.7. The minimum Gasteiger partial charge on any atom is -0.350 e. The zero-order valence-corrected chi connectivity index (χ0v) is 19.7. The molecule has 0 saturated heterocycles. The van der Waals surface area contributed by atoms with Crippen molar-refractivity contribution in [1.82, 2.24) is 5.32 Å². The van der Waals surface area contributed by atoms with Gasteiger partial charge in [-0.05, 0) is 61.9 Å². The fourth-order valence-electron chi connectivity index (χ4n) is 3.16. The van der Waals surface area contributed by atoms with Gasteiger partial charge in [0.2, 0.25) is 5.91 Å². The number of carbonyl (C=O) groups excluding carboxylic acids is 2. The summed E-state index contributed by atoms with van der Waals surface area (Å²) in [5.74, 6) is -1.56. The number of hydrogen-bond donors (Lipinski definition) is 2. The first-order valence-electron chi connectivity index (χ1n) is 10.8. The van der Waals surface area contributed by atoms with Gasteiger partial charge in [0.1, 0.15) is 12.4 Å². The molecule has 0 saturated carbocycles. The molecule has 178 valence electrons. The molecule has 7 nitrogen and oxygen atoms in total. The van der Waals surface area contributed by atoms with Crippen LogP contribution in [0.15, 0.2) is 83.8 Å².